The topological polar surface area (TPSA) is 46.2 Å². The highest BCUT2D eigenvalue weighted by molar-refractivity contribution is 5.15. The van der Waals surface area contributed by atoms with E-state index in [1.165, 1.54) is 5.56 Å². The molecule has 0 spiro atoms. The molecule has 0 saturated heterocycles. The van der Waals surface area contributed by atoms with Crippen LogP contribution in [0, 0.1) is 5.92 Å². The summed E-state index contributed by atoms with van der Waals surface area (Å²) in [6.07, 6.45) is 1.61. The third-order valence-electron chi connectivity index (χ3n) is 3.12. The lowest BCUT2D eigenvalue weighted by Gasteiger charge is -2.30. The van der Waals surface area contributed by atoms with Gasteiger partial charge in [0.1, 0.15) is 0 Å². The van der Waals surface area contributed by atoms with Gasteiger partial charge in [0.05, 0.1) is 5.60 Å². The number of hydrogen-bond donors (Lipinski definition) is 2. The molecule has 0 aliphatic rings. The number of benzene rings is 1. The molecule has 15 heavy (non-hydrogen) atoms. The van der Waals surface area contributed by atoms with Crippen molar-refractivity contribution in [2.45, 2.75) is 32.3 Å². The van der Waals surface area contributed by atoms with Crippen molar-refractivity contribution in [1.82, 2.24) is 0 Å². The molecule has 0 aromatic heterocycles. The van der Waals surface area contributed by atoms with Crippen LogP contribution in [0.2, 0.25) is 0 Å². The largest absolute Gasteiger partial charge is 0.388 e. The van der Waals surface area contributed by atoms with Gasteiger partial charge >= 0.3 is 0 Å². The molecule has 84 valence electrons. The van der Waals surface area contributed by atoms with Crippen LogP contribution in [0.4, 0.5) is 0 Å². The molecule has 0 aliphatic heterocycles. The van der Waals surface area contributed by atoms with E-state index < -0.39 is 5.60 Å². The Labute approximate surface area is 92.1 Å². The third kappa shape index (κ3) is 3.33. The molecule has 1 aromatic rings. The number of aryl methyl sites for hydroxylation is 1. The summed E-state index contributed by atoms with van der Waals surface area (Å²) in [5, 5.41) is 10.2. The van der Waals surface area contributed by atoms with Gasteiger partial charge in [0.15, 0.2) is 0 Å². The molecule has 1 aromatic carbocycles. The van der Waals surface area contributed by atoms with Crippen LogP contribution < -0.4 is 5.73 Å². The summed E-state index contributed by atoms with van der Waals surface area (Å²) in [6, 6.07) is 10.2. The van der Waals surface area contributed by atoms with E-state index in [1.54, 1.807) is 0 Å². The summed E-state index contributed by atoms with van der Waals surface area (Å²) in [6.45, 7) is 4.35. The molecule has 1 atom stereocenters. The SMILES string of the molecule is CC(C)C(O)(CN)CCc1ccccc1. The fraction of sp³-hybridized carbons (Fsp3) is 0.538. The van der Waals surface area contributed by atoms with Crippen LogP contribution in [0.5, 0.6) is 0 Å². The molecular weight excluding hydrogens is 186 g/mol. The first-order valence-electron chi connectivity index (χ1n) is 5.55. The Morgan fingerprint density at radius 2 is 1.87 bits per heavy atom. The zero-order chi connectivity index (χ0) is 11.3. The van der Waals surface area contributed by atoms with Crippen LogP contribution in [-0.2, 0) is 6.42 Å². The number of nitrogens with two attached hydrogens (primary N) is 1. The van der Waals surface area contributed by atoms with E-state index in [2.05, 4.69) is 12.1 Å². The van der Waals surface area contributed by atoms with Gasteiger partial charge in [-0.1, -0.05) is 44.2 Å². The zero-order valence-electron chi connectivity index (χ0n) is 9.61. The predicted octanol–water partition coefficient (Wildman–Crippen LogP) is 1.97. The van der Waals surface area contributed by atoms with E-state index in [9.17, 15) is 5.11 Å². The highest BCUT2D eigenvalue weighted by atomic mass is 16.3. The molecule has 0 bridgehead atoms. The highest BCUT2D eigenvalue weighted by Gasteiger charge is 2.28. The molecular formula is C13H21NO. The van der Waals surface area contributed by atoms with E-state index >= 15 is 0 Å². The summed E-state index contributed by atoms with van der Waals surface area (Å²) >= 11 is 0. The molecule has 3 N–H and O–H groups in total. The van der Waals surface area contributed by atoms with Gasteiger partial charge in [-0.05, 0) is 24.3 Å². The zero-order valence-corrected chi connectivity index (χ0v) is 9.61. The van der Waals surface area contributed by atoms with Gasteiger partial charge in [0.2, 0.25) is 0 Å². The maximum absolute atomic E-state index is 10.2. The van der Waals surface area contributed by atoms with Crippen LogP contribution in [0.15, 0.2) is 30.3 Å². The van der Waals surface area contributed by atoms with E-state index in [0.29, 0.717) is 6.54 Å². The van der Waals surface area contributed by atoms with Gasteiger partial charge in [0.25, 0.3) is 0 Å². The van der Waals surface area contributed by atoms with Crippen molar-refractivity contribution in [2.24, 2.45) is 11.7 Å². The monoisotopic (exact) mass is 207 g/mol. The van der Waals surface area contributed by atoms with Crippen molar-refractivity contribution in [3.05, 3.63) is 35.9 Å². The fourth-order valence-corrected chi connectivity index (χ4v) is 1.63. The molecule has 0 fully saturated rings. The van der Waals surface area contributed by atoms with Crippen LogP contribution >= 0.6 is 0 Å². The average Bonchev–Trinajstić information content (AvgIpc) is 2.27. The Morgan fingerprint density at radius 3 is 2.33 bits per heavy atom. The summed E-state index contributed by atoms with van der Waals surface area (Å²) in [5.41, 5.74) is 6.15. The summed E-state index contributed by atoms with van der Waals surface area (Å²) in [7, 11) is 0. The third-order valence-corrected chi connectivity index (χ3v) is 3.12. The lowest BCUT2D eigenvalue weighted by molar-refractivity contribution is -0.00398. The van der Waals surface area contributed by atoms with Crippen LogP contribution in [-0.4, -0.2) is 17.3 Å². The maximum atomic E-state index is 10.2. The lowest BCUT2D eigenvalue weighted by atomic mass is 9.85. The second kappa shape index (κ2) is 5.29. The number of rotatable bonds is 5. The van der Waals surface area contributed by atoms with Gasteiger partial charge in [-0.15, -0.1) is 0 Å². The highest BCUT2D eigenvalue weighted by Crippen LogP contribution is 2.22. The molecule has 1 rings (SSSR count). The lowest BCUT2D eigenvalue weighted by Crippen LogP contribution is -2.43. The molecule has 1 unspecified atom stereocenters. The Hall–Kier alpha value is -0.860. The molecule has 0 amide bonds. The number of hydrogen-bond acceptors (Lipinski definition) is 2. The second-order valence-electron chi connectivity index (χ2n) is 4.45. The quantitative estimate of drug-likeness (QED) is 0.775. The minimum atomic E-state index is -0.726. The van der Waals surface area contributed by atoms with Crippen molar-refractivity contribution in [1.29, 1.82) is 0 Å². The summed E-state index contributed by atoms with van der Waals surface area (Å²) < 4.78 is 0. The molecule has 2 heteroatoms. The standard InChI is InChI=1S/C13H21NO/c1-11(2)13(15,10-14)9-8-12-6-4-3-5-7-12/h3-7,11,15H,8-10,14H2,1-2H3. The van der Waals surface area contributed by atoms with Crippen LogP contribution in [0.3, 0.4) is 0 Å². The molecule has 0 radical (unpaired) electrons. The average molecular weight is 207 g/mol. The Kier molecular flexibility index (Phi) is 4.30. The van der Waals surface area contributed by atoms with E-state index in [1.807, 2.05) is 32.0 Å². The minimum absolute atomic E-state index is 0.200. The van der Waals surface area contributed by atoms with Crippen LogP contribution in [0.1, 0.15) is 25.8 Å². The van der Waals surface area contributed by atoms with E-state index in [0.717, 1.165) is 12.8 Å². The molecule has 0 saturated carbocycles. The van der Waals surface area contributed by atoms with Gasteiger partial charge in [-0.2, -0.15) is 0 Å². The Balaban J connectivity index is 2.55. The van der Waals surface area contributed by atoms with Crippen molar-refractivity contribution in [3.63, 3.8) is 0 Å². The van der Waals surface area contributed by atoms with E-state index in [4.69, 9.17) is 5.73 Å². The second-order valence-corrected chi connectivity index (χ2v) is 4.45. The number of aliphatic hydroxyl groups is 1. The van der Waals surface area contributed by atoms with Gasteiger partial charge < -0.3 is 10.8 Å². The molecule has 0 aliphatic carbocycles. The van der Waals surface area contributed by atoms with E-state index in [-0.39, 0.29) is 5.92 Å². The predicted molar refractivity (Wildman–Crippen MR) is 63.6 cm³/mol. The van der Waals surface area contributed by atoms with Crippen molar-refractivity contribution >= 4 is 0 Å². The molecule has 2 nitrogen and oxygen atoms in total. The first-order valence-corrected chi connectivity index (χ1v) is 5.55. The Bertz CT molecular complexity index is 284. The van der Waals surface area contributed by atoms with Gasteiger partial charge in [0, 0.05) is 6.54 Å². The smallest absolute Gasteiger partial charge is 0.0795 e. The van der Waals surface area contributed by atoms with Crippen molar-refractivity contribution < 1.29 is 5.11 Å². The maximum Gasteiger partial charge on any atom is 0.0795 e. The normalized spacial score (nSPS) is 15.3. The Morgan fingerprint density at radius 1 is 1.27 bits per heavy atom. The first kappa shape index (κ1) is 12.2. The summed E-state index contributed by atoms with van der Waals surface area (Å²) in [4.78, 5) is 0. The van der Waals surface area contributed by atoms with Crippen LogP contribution in [0.25, 0.3) is 0 Å². The minimum Gasteiger partial charge on any atom is -0.388 e. The van der Waals surface area contributed by atoms with Gasteiger partial charge in [-0.3, -0.25) is 0 Å². The van der Waals surface area contributed by atoms with Crippen molar-refractivity contribution in [2.75, 3.05) is 6.54 Å². The first-order chi connectivity index (χ1) is 7.08. The van der Waals surface area contributed by atoms with Crippen molar-refractivity contribution in [3.8, 4) is 0 Å². The van der Waals surface area contributed by atoms with Gasteiger partial charge in [-0.25, -0.2) is 0 Å². The molecule has 0 heterocycles. The fourth-order valence-electron chi connectivity index (χ4n) is 1.63. The summed E-state index contributed by atoms with van der Waals surface area (Å²) in [5.74, 6) is 0.200.